The number of carboxylic acids is 1. The van der Waals surface area contributed by atoms with Gasteiger partial charge in [-0.3, -0.25) is 4.79 Å². The maximum atomic E-state index is 10.8. The molecule has 0 saturated heterocycles. The Kier molecular flexibility index (Phi) is 5.18. The zero-order valence-corrected chi connectivity index (χ0v) is 10.6. The van der Waals surface area contributed by atoms with Crippen molar-refractivity contribution in [3.63, 3.8) is 0 Å². The predicted octanol–water partition coefficient (Wildman–Crippen LogP) is 2.73. The molecule has 0 spiro atoms. The van der Waals surface area contributed by atoms with Gasteiger partial charge < -0.3 is 5.11 Å². The summed E-state index contributed by atoms with van der Waals surface area (Å²) in [6.45, 7) is 1.49. The van der Waals surface area contributed by atoms with Crippen molar-refractivity contribution >= 4 is 40.5 Å². The number of pyridine rings is 1. The molecule has 0 bridgehead atoms. The maximum absolute atomic E-state index is 10.8. The molecule has 17 heavy (non-hydrogen) atoms. The standard InChI is InChI=1S/C11H10ClNO3S/c1-7(14)17-4-2-3-8-5-9(11(15)16)10(12)13-6-8/h2-3,5-6H,4H2,1H3,(H,15,16). The number of aromatic nitrogens is 1. The van der Waals surface area contributed by atoms with E-state index < -0.39 is 5.97 Å². The van der Waals surface area contributed by atoms with Crippen LogP contribution < -0.4 is 0 Å². The average molecular weight is 272 g/mol. The number of aromatic carboxylic acids is 1. The van der Waals surface area contributed by atoms with Gasteiger partial charge in [0, 0.05) is 18.9 Å². The third kappa shape index (κ3) is 4.58. The molecule has 0 radical (unpaired) electrons. The van der Waals surface area contributed by atoms with Crippen molar-refractivity contribution in [1.29, 1.82) is 0 Å². The van der Waals surface area contributed by atoms with Gasteiger partial charge in [-0.05, 0) is 11.6 Å². The van der Waals surface area contributed by atoms with Crippen molar-refractivity contribution in [3.8, 4) is 0 Å². The molecule has 0 atom stereocenters. The fourth-order valence-corrected chi connectivity index (χ4v) is 1.67. The third-order valence-corrected chi connectivity index (χ3v) is 2.85. The Hall–Kier alpha value is -1.33. The highest BCUT2D eigenvalue weighted by Crippen LogP contribution is 2.15. The molecule has 1 aromatic heterocycles. The largest absolute Gasteiger partial charge is 0.478 e. The number of rotatable bonds is 4. The monoisotopic (exact) mass is 271 g/mol. The fourth-order valence-electron chi connectivity index (χ4n) is 1.06. The Morgan fingerprint density at radius 2 is 2.29 bits per heavy atom. The summed E-state index contributed by atoms with van der Waals surface area (Å²) < 4.78 is 0. The Morgan fingerprint density at radius 1 is 1.59 bits per heavy atom. The van der Waals surface area contributed by atoms with Crippen molar-refractivity contribution in [1.82, 2.24) is 4.98 Å². The minimum Gasteiger partial charge on any atom is -0.478 e. The third-order valence-electron chi connectivity index (χ3n) is 1.78. The molecule has 0 aliphatic heterocycles. The maximum Gasteiger partial charge on any atom is 0.338 e. The highest BCUT2D eigenvalue weighted by Gasteiger charge is 2.09. The lowest BCUT2D eigenvalue weighted by atomic mass is 10.2. The van der Waals surface area contributed by atoms with Gasteiger partial charge in [-0.1, -0.05) is 35.5 Å². The van der Waals surface area contributed by atoms with Gasteiger partial charge >= 0.3 is 5.97 Å². The van der Waals surface area contributed by atoms with Crippen LogP contribution in [0.4, 0.5) is 0 Å². The van der Waals surface area contributed by atoms with E-state index in [0.717, 1.165) is 0 Å². The summed E-state index contributed by atoms with van der Waals surface area (Å²) in [5.74, 6) is -0.573. The molecule has 0 saturated carbocycles. The summed E-state index contributed by atoms with van der Waals surface area (Å²) in [7, 11) is 0. The molecule has 1 N–H and O–H groups in total. The van der Waals surface area contributed by atoms with Crippen LogP contribution in [0.2, 0.25) is 5.15 Å². The predicted molar refractivity (Wildman–Crippen MR) is 68.4 cm³/mol. The lowest BCUT2D eigenvalue weighted by Crippen LogP contribution is -1.99. The SMILES string of the molecule is CC(=O)SCC=Cc1cnc(Cl)c(C(=O)O)c1. The van der Waals surface area contributed by atoms with E-state index in [1.165, 1.54) is 30.9 Å². The summed E-state index contributed by atoms with van der Waals surface area (Å²) in [4.78, 5) is 25.2. The van der Waals surface area contributed by atoms with Gasteiger partial charge in [-0.2, -0.15) is 0 Å². The van der Waals surface area contributed by atoms with Crippen LogP contribution in [0, 0.1) is 0 Å². The Bertz CT molecular complexity index is 474. The number of hydrogen-bond donors (Lipinski definition) is 1. The molecule has 0 amide bonds. The van der Waals surface area contributed by atoms with Gasteiger partial charge in [-0.15, -0.1) is 0 Å². The van der Waals surface area contributed by atoms with Gasteiger partial charge in [-0.25, -0.2) is 9.78 Å². The number of hydrogen-bond acceptors (Lipinski definition) is 4. The molecule has 90 valence electrons. The fraction of sp³-hybridized carbons (Fsp3) is 0.182. The lowest BCUT2D eigenvalue weighted by Gasteiger charge is -1.99. The normalized spacial score (nSPS) is 10.7. The van der Waals surface area contributed by atoms with E-state index in [9.17, 15) is 9.59 Å². The molecular formula is C11H10ClNO3S. The minimum absolute atomic E-state index is 0.0342. The van der Waals surface area contributed by atoms with Gasteiger partial charge in [0.1, 0.15) is 5.15 Å². The van der Waals surface area contributed by atoms with Crippen molar-refractivity contribution in [2.75, 3.05) is 5.75 Å². The second-order valence-electron chi connectivity index (χ2n) is 3.12. The molecule has 0 unspecified atom stereocenters. The van der Waals surface area contributed by atoms with Gasteiger partial charge in [0.15, 0.2) is 5.12 Å². The van der Waals surface area contributed by atoms with Crippen LogP contribution in [-0.2, 0) is 4.79 Å². The highest BCUT2D eigenvalue weighted by atomic mass is 35.5. The van der Waals surface area contributed by atoms with Crippen LogP contribution in [0.25, 0.3) is 6.08 Å². The molecule has 6 heteroatoms. The van der Waals surface area contributed by atoms with E-state index in [1.807, 2.05) is 0 Å². The second kappa shape index (κ2) is 6.42. The van der Waals surface area contributed by atoms with Gasteiger partial charge in [0.25, 0.3) is 0 Å². The first kappa shape index (κ1) is 13.7. The van der Waals surface area contributed by atoms with E-state index in [1.54, 1.807) is 12.2 Å². The molecule has 0 aliphatic carbocycles. The number of halogens is 1. The first-order valence-electron chi connectivity index (χ1n) is 4.69. The van der Waals surface area contributed by atoms with Crippen LogP contribution in [-0.4, -0.2) is 26.9 Å². The summed E-state index contributed by atoms with van der Waals surface area (Å²) in [5, 5.41) is 8.84. The molecular weight excluding hydrogens is 262 g/mol. The molecule has 0 fully saturated rings. The van der Waals surface area contributed by atoms with E-state index >= 15 is 0 Å². The quantitative estimate of drug-likeness (QED) is 0.853. The van der Waals surface area contributed by atoms with Crippen LogP contribution >= 0.6 is 23.4 Å². The van der Waals surface area contributed by atoms with Crippen LogP contribution in [0.5, 0.6) is 0 Å². The Morgan fingerprint density at radius 3 is 2.88 bits per heavy atom. The smallest absolute Gasteiger partial charge is 0.338 e. The molecule has 0 aliphatic rings. The first-order chi connectivity index (χ1) is 8.00. The molecule has 0 aromatic carbocycles. The number of thioether (sulfide) groups is 1. The zero-order valence-electron chi connectivity index (χ0n) is 9.01. The molecule has 1 rings (SSSR count). The van der Waals surface area contributed by atoms with Gasteiger partial charge in [0.05, 0.1) is 5.56 Å². The van der Waals surface area contributed by atoms with E-state index in [0.29, 0.717) is 11.3 Å². The minimum atomic E-state index is -1.11. The van der Waals surface area contributed by atoms with Crippen LogP contribution in [0.1, 0.15) is 22.8 Å². The Balaban J connectivity index is 2.75. The van der Waals surface area contributed by atoms with E-state index in [4.69, 9.17) is 16.7 Å². The highest BCUT2D eigenvalue weighted by molar-refractivity contribution is 8.13. The van der Waals surface area contributed by atoms with Crippen molar-refractivity contribution < 1.29 is 14.7 Å². The molecule has 1 aromatic rings. The summed E-state index contributed by atoms with van der Waals surface area (Å²) >= 11 is 6.80. The number of carbonyl (C=O) groups is 2. The second-order valence-corrected chi connectivity index (χ2v) is 4.67. The van der Waals surface area contributed by atoms with Crippen LogP contribution in [0.15, 0.2) is 18.3 Å². The summed E-state index contributed by atoms with van der Waals surface area (Å²) in [5.41, 5.74) is 0.601. The number of carboxylic acid groups (broad SMARTS) is 1. The van der Waals surface area contributed by atoms with Gasteiger partial charge in [0.2, 0.25) is 0 Å². The molecule has 1 heterocycles. The zero-order chi connectivity index (χ0) is 12.8. The first-order valence-corrected chi connectivity index (χ1v) is 6.06. The topological polar surface area (TPSA) is 67.3 Å². The van der Waals surface area contributed by atoms with E-state index in [-0.39, 0.29) is 15.8 Å². The van der Waals surface area contributed by atoms with Crippen molar-refractivity contribution in [2.45, 2.75) is 6.92 Å². The van der Waals surface area contributed by atoms with Crippen LogP contribution in [0.3, 0.4) is 0 Å². The average Bonchev–Trinajstić information content (AvgIpc) is 2.25. The summed E-state index contributed by atoms with van der Waals surface area (Å²) in [6.07, 6.45) is 4.94. The Labute approximate surface area is 108 Å². The lowest BCUT2D eigenvalue weighted by molar-refractivity contribution is -0.109. The number of carbonyl (C=O) groups excluding carboxylic acids is 1. The van der Waals surface area contributed by atoms with E-state index in [2.05, 4.69) is 4.98 Å². The van der Waals surface area contributed by atoms with Crippen molar-refractivity contribution in [2.24, 2.45) is 0 Å². The molecule has 4 nitrogen and oxygen atoms in total. The summed E-state index contributed by atoms with van der Waals surface area (Å²) in [6, 6.07) is 1.44. The number of nitrogens with zero attached hydrogens (tertiary/aromatic N) is 1. The van der Waals surface area contributed by atoms with Crippen molar-refractivity contribution in [3.05, 3.63) is 34.6 Å².